The Labute approximate surface area is 175 Å². The largest absolute Gasteiger partial charge is 0.497 e. The van der Waals surface area contributed by atoms with E-state index in [4.69, 9.17) is 25.8 Å². The van der Waals surface area contributed by atoms with Crippen molar-refractivity contribution in [2.75, 3.05) is 25.6 Å². The highest BCUT2D eigenvalue weighted by molar-refractivity contribution is 6.32. The number of hydrogen-bond donors (Lipinski definition) is 1. The van der Waals surface area contributed by atoms with E-state index in [0.717, 1.165) is 6.42 Å². The van der Waals surface area contributed by atoms with E-state index in [0.29, 0.717) is 46.7 Å². The summed E-state index contributed by atoms with van der Waals surface area (Å²) in [6.45, 7) is 4.77. The summed E-state index contributed by atoms with van der Waals surface area (Å²) < 4.78 is 16.4. The fourth-order valence-corrected chi connectivity index (χ4v) is 2.77. The van der Waals surface area contributed by atoms with Crippen LogP contribution in [0.3, 0.4) is 0 Å². The third-order valence-corrected chi connectivity index (χ3v) is 4.07. The Morgan fingerprint density at radius 2 is 2.03 bits per heavy atom. The number of anilines is 1. The topological polar surface area (TPSA) is 80.6 Å². The zero-order valence-electron chi connectivity index (χ0n) is 16.6. The second-order valence-electron chi connectivity index (χ2n) is 5.97. The first-order chi connectivity index (χ1) is 14.0. The number of carbonyl (C=O) groups is 1. The van der Waals surface area contributed by atoms with Gasteiger partial charge in [0.25, 0.3) is 5.91 Å². The number of carbonyl (C=O) groups excluding carboxylic acids is 1. The highest BCUT2D eigenvalue weighted by Gasteiger charge is 2.15. The lowest BCUT2D eigenvalue weighted by Gasteiger charge is -2.14. The third-order valence-electron chi connectivity index (χ3n) is 3.79. The van der Waals surface area contributed by atoms with E-state index >= 15 is 0 Å². The Morgan fingerprint density at radius 1 is 1.24 bits per heavy atom. The summed E-state index contributed by atoms with van der Waals surface area (Å²) in [5, 5.41) is 12.5. The van der Waals surface area contributed by atoms with Crippen molar-refractivity contribution in [1.82, 2.24) is 0 Å². The average Bonchev–Trinajstić information content (AvgIpc) is 2.71. The zero-order chi connectivity index (χ0) is 21.2. The number of nitriles is 1. The van der Waals surface area contributed by atoms with Crippen LogP contribution in [0, 0.1) is 11.3 Å². The number of ether oxygens (including phenoxy) is 3. The maximum absolute atomic E-state index is 12.5. The summed E-state index contributed by atoms with van der Waals surface area (Å²) in [6.07, 6.45) is 2.28. The first-order valence-corrected chi connectivity index (χ1v) is 9.56. The average molecular weight is 415 g/mol. The van der Waals surface area contributed by atoms with Gasteiger partial charge in [0.15, 0.2) is 11.5 Å². The van der Waals surface area contributed by atoms with Crippen LogP contribution in [0.25, 0.3) is 6.08 Å². The molecule has 0 aliphatic carbocycles. The minimum Gasteiger partial charge on any atom is -0.497 e. The number of nitrogens with one attached hydrogen (secondary N) is 1. The van der Waals surface area contributed by atoms with E-state index in [1.54, 1.807) is 36.4 Å². The van der Waals surface area contributed by atoms with Gasteiger partial charge in [-0.25, -0.2) is 0 Å². The standard InChI is InChI=1S/C22H23ClN2O4/c1-4-9-29-21-19(23)11-15(12-20(21)28-5-2)10-16(14-24)22(26)25-17-7-6-8-18(13-17)27-3/h6-8,10-13H,4-5,9H2,1-3H3,(H,25,26)/b16-10+. The molecule has 2 aromatic carbocycles. The van der Waals surface area contributed by atoms with Gasteiger partial charge in [0.1, 0.15) is 17.4 Å². The molecule has 6 nitrogen and oxygen atoms in total. The number of halogens is 1. The molecule has 2 aromatic rings. The van der Waals surface area contributed by atoms with Gasteiger partial charge in [0.05, 0.1) is 25.3 Å². The van der Waals surface area contributed by atoms with Crippen LogP contribution in [-0.4, -0.2) is 26.2 Å². The van der Waals surface area contributed by atoms with Gasteiger partial charge in [-0.1, -0.05) is 24.6 Å². The third kappa shape index (κ3) is 6.16. The van der Waals surface area contributed by atoms with Crippen LogP contribution >= 0.6 is 11.6 Å². The molecule has 0 aliphatic rings. The molecule has 0 aliphatic heterocycles. The molecule has 0 spiro atoms. The molecule has 152 valence electrons. The number of rotatable bonds is 9. The first-order valence-electron chi connectivity index (χ1n) is 9.18. The Bertz CT molecular complexity index is 935. The Balaban J connectivity index is 2.31. The monoisotopic (exact) mass is 414 g/mol. The molecule has 0 saturated carbocycles. The van der Waals surface area contributed by atoms with Gasteiger partial charge < -0.3 is 19.5 Å². The molecule has 29 heavy (non-hydrogen) atoms. The van der Waals surface area contributed by atoms with Crippen molar-refractivity contribution < 1.29 is 19.0 Å². The Morgan fingerprint density at radius 3 is 2.69 bits per heavy atom. The fourth-order valence-electron chi connectivity index (χ4n) is 2.49. The lowest BCUT2D eigenvalue weighted by molar-refractivity contribution is -0.112. The number of benzene rings is 2. The van der Waals surface area contributed by atoms with Crippen molar-refractivity contribution in [3.05, 3.63) is 52.6 Å². The van der Waals surface area contributed by atoms with Crippen LogP contribution in [0.5, 0.6) is 17.2 Å². The van der Waals surface area contributed by atoms with E-state index in [-0.39, 0.29) is 5.57 Å². The van der Waals surface area contributed by atoms with Crippen molar-refractivity contribution in [3.8, 4) is 23.3 Å². The second kappa shape index (κ2) is 11.0. The predicted octanol–water partition coefficient (Wildman–Crippen LogP) is 5.08. The van der Waals surface area contributed by atoms with Crippen molar-refractivity contribution in [2.45, 2.75) is 20.3 Å². The summed E-state index contributed by atoms with van der Waals surface area (Å²) in [7, 11) is 1.54. The lowest BCUT2D eigenvalue weighted by atomic mass is 10.1. The molecule has 0 heterocycles. The first kappa shape index (κ1) is 22.1. The minimum absolute atomic E-state index is 0.0754. The molecule has 0 saturated heterocycles. The van der Waals surface area contributed by atoms with Gasteiger partial charge in [-0.2, -0.15) is 5.26 Å². The summed E-state index contributed by atoms with van der Waals surface area (Å²) in [6, 6.07) is 12.1. The highest BCUT2D eigenvalue weighted by atomic mass is 35.5. The Hall–Kier alpha value is -3.17. The van der Waals surface area contributed by atoms with E-state index in [9.17, 15) is 10.1 Å². The molecule has 0 bridgehead atoms. The van der Waals surface area contributed by atoms with Gasteiger partial charge in [-0.3, -0.25) is 4.79 Å². The van der Waals surface area contributed by atoms with E-state index in [1.807, 2.05) is 19.9 Å². The van der Waals surface area contributed by atoms with E-state index in [2.05, 4.69) is 5.32 Å². The SMILES string of the molecule is CCCOc1c(Cl)cc(/C=C(\C#N)C(=O)Nc2cccc(OC)c2)cc1OCC. The van der Waals surface area contributed by atoms with E-state index in [1.165, 1.54) is 13.2 Å². The van der Waals surface area contributed by atoms with Gasteiger partial charge in [0, 0.05) is 11.8 Å². The Kier molecular flexibility index (Phi) is 8.38. The number of amides is 1. The highest BCUT2D eigenvalue weighted by Crippen LogP contribution is 2.37. The molecule has 0 aromatic heterocycles. The summed E-state index contributed by atoms with van der Waals surface area (Å²) in [5.74, 6) is 0.972. The van der Waals surface area contributed by atoms with Gasteiger partial charge in [-0.05, 0) is 49.2 Å². The van der Waals surface area contributed by atoms with Gasteiger partial charge in [-0.15, -0.1) is 0 Å². The molecular formula is C22H23ClN2O4. The minimum atomic E-state index is -0.541. The van der Waals surface area contributed by atoms with Crippen molar-refractivity contribution in [1.29, 1.82) is 5.26 Å². The molecular weight excluding hydrogens is 392 g/mol. The van der Waals surface area contributed by atoms with Crippen LogP contribution in [0.1, 0.15) is 25.8 Å². The normalized spacial score (nSPS) is 10.8. The quantitative estimate of drug-likeness (QED) is 0.457. The fraction of sp³-hybridized carbons (Fsp3) is 0.273. The van der Waals surface area contributed by atoms with Crippen LogP contribution in [0.2, 0.25) is 5.02 Å². The molecule has 1 amide bonds. The van der Waals surface area contributed by atoms with E-state index < -0.39 is 5.91 Å². The zero-order valence-corrected chi connectivity index (χ0v) is 17.4. The molecule has 7 heteroatoms. The molecule has 0 fully saturated rings. The number of methoxy groups -OCH3 is 1. The predicted molar refractivity (Wildman–Crippen MR) is 114 cm³/mol. The number of nitrogens with zero attached hydrogens (tertiary/aromatic N) is 1. The summed E-state index contributed by atoms with van der Waals surface area (Å²) in [4.78, 5) is 12.5. The smallest absolute Gasteiger partial charge is 0.266 e. The second-order valence-corrected chi connectivity index (χ2v) is 6.37. The van der Waals surface area contributed by atoms with Gasteiger partial charge in [0.2, 0.25) is 0 Å². The summed E-state index contributed by atoms with van der Waals surface area (Å²) >= 11 is 6.34. The number of hydrogen-bond acceptors (Lipinski definition) is 5. The molecule has 0 radical (unpaired) electrons. The molecule has 0 atom stereocenters. The molecule has 0 unspecified atom stereocenters. The maximum Gasteiger partial charge on any atom is 0.266 e. The molecule has 2 rings (SSSR count). The van der Waals surface area contributed by atoms with Crippen molar-refractivity contribution >= 4 is 29.3 Å². The van der Waals surface area contributed by atoms with Crippen LogP contribution in [0.15, 0.2) is 42.0 Å². The molecule has 1 N–H and O–H groups in total. The van der Waals surface area contributed by atoms with Crippen molar-refractivity contribution in [2.24, 2.45) is 0 Å². The van der Waals surface area contributed by atoms with Crippen LogP contribution < -0.4 is 19.5 Å². The lowest BCUT2D eigenvalue weighted by Crippen LogP contribution is -2.13. The van der Waals surface area contributed by atoms with Crippen LogP contribution in [-0.2, 0) is 4.79 Å². The van der Waals surface area contributed by atoms with Gasteiger partial charge >= 0.3 is 0 Å². The van der Waals surface area contributed by atoms with Crippen LogP contribution in [0.4, 0.5) is 5.69 Å². The summed E-state index contributed by atoms with van der Waals surface area (Å²) in [5.41, 5.74) is 1.00. The van der Waals surface area contributed by atoms with Crippen molar-refractivity contribution in [3.63, 3.8) is 0 Å². The maximum atomic E-state index is 12.5.